The van der Waals surface area contributed by atoms with E-state index >= 15 is 0 Å². The predicted octanol–water partition coefficient (Wildman–Crippen LogP) is -0.290. The van der Waals surface area contributed by atoms with Crippen LogP contribution >= 0.6 is 0 Å². The molecule has 3 amide bonds. The lowest BCUT2D eigenvalue weighted by Crippen LogP contribution is -2.48. The van der Waals surface area contributed by atoms with Crippen LogP contribution in [0.25, 0.3) is 0 Å². The molecule has 3 N–H and O–H groups in total. The zero-order valence-corrected chi connectivity index (χ0v) is 10.7. The fourth-order valence-corrected chi connectivity index (χ4v) is 2.72. The lowest BCUT2D eigenvalue weighted by atomic mass is 9.99. The van der Waals surface area contributed by atoms with Crippen molar-refractivity contribution in [3.63, 3.8) is 0 Å². The van der Waals surface area contributed by atoms with Crippen LogP contribution in [0, 0.1) is 11.8 Å². The number of rotatable bonds is 2. The van der Waals surface area contributed by atoms with Gasteiger partial charge in [-0.05, 0) is 19.3 Å². The molecule has 2 heterocycles. The van der Waals surface area contributed by atoms with E-state index in [4.69, 9.17) is 10.8 Å². The Hall–Kier alpha value is -1.79. The number of aliphatic carboxylic acids is 1. The number of primary amides is 1. The van der Waals surface area contributed by atoms with Crippen molar-refractivity contribution in [3.05, 3.63) is 0 Å². The Kier molecular flexibility index (Phi) is 3.92. The van der Waals surface area contributed by atoms with Crippen LogP contribution in [-0.2, 0) is 9.59 Å². The second-order valence-electron chi connectivity index (χ2n) is 5.24. The van der Waals surface area contributed by atoms with Crippen molar-refractivity contribution in [1.29, 1.82) is 0 Å². The molecular weight excluding hydrogens is 250 g/mol. The standard InChI is InChI=1S/C12H19N3O4/c13-10(16)8-3-5-15(6-8)12(19)14-4-1-2-9(7-14)11(17)18/h8-9H,1-7H2,(H2,13,16)(H,17,18)/t8?,9-/m0/s1. The first-order chi connectivity index (χ1) is 8.99. The molecule has 2 atom stereocenters. The first kappa shape index (κ1) is 13.6. The number of piperidine rings is 1. The highest BCUT2D eigenvalue weighted by Gasteiger charge is 2.35. The zero-order valence-electron chi connectivity index (χ0n) is 10.7. The molecule has 7 heteroatoms. The van der Waals surface area contributed by atoms with Gasteiger partial charge in [0.2, 0.25) is 5.91 Å². The molecule has 7 nitrogen and oxygen atoms in total. The molecule has 0 aromatic rings. The minimum Gasteiger partial charge on any atom is -0.481 e. The van der Waals surface area contributed by atoms with E-state index in [1.54, 1.807) is 9.80 Å². The van der Waals surface area contributed by atoms with Gasteiger partial charge in [-0.3, -0.25) is 9.59 Å². The van der Waals surface area contributed by atoms with E-state index in [-0.39, 0.29) is 24.4 Å². The van der Waals surface area contributed by atoms with Crippen molar-refractivity contribution in [2.45, 2.75) is 19.3 Å². The molecule has 2 aliphatic rings. The molecule has 2 rings (SSSR count). The smallest absolute Gasteiger partial charge is 0.320 e. The maximum atomic E-state index is 12.2. The maximum Gasteiger partial charge on any atom is 0.320 e. The largest absolute Gasteiger partial charge is 0.481 e. The molecule has 0 aliphatic carbocycles. The summed E-state index contributed by atoms with van der Waals surface area (Å²) in [4.78, 5) is 37.5. The maximum absolute atomic E-state index is 12.2. The first-order valence-corrected chi connectivity index (χ1v) is 6.55. The molecule has 0 spiro atoms. The van der Waals surface area contributed by atoms with Gasteiger partial charge in [-0.15, -0.1) is 0 Å². The van der Waals surface area contributed by atoms with Crippen LogP contribution in [-0.4, -0.2) is 59.0 Å². The number of urea groups is 1. The molecule has 0 radical (unpaired) electrons. The van der Waals surface area contributed by atoms with E-state index in [1.165, 1.54) is 0 Å². The van der Waals surface area contributed by atoms with Crippen LogP contribution in [0.1, 0.15) is 19.3 Å². The summed E-state index contributed by atoms with van der Waals surface area (Å²) in [5.41, 5.74) is 5.23. The van der Waals surface area contributed by atoms with Gasteiger partial charge in [0.1, 0.15) is 0 Å². The monoisotopic (exact) mass is 269 g/mol. The van der Waals surface area contributed by atoms with Crippen LogP contribution in [0.4, 0.5) is 4.79 Å². The Bertz CT molecular complexity index is 398. The zero-order chi connectivity index (χ0) is 14.0. The molecule has 2 saturated heterocycles. The van der Waals surface area contributed by atoms with Gasteiger partial charge in [0, 0.05) is 26.2 Å². The third-order valence-electron chi connectivity index (χ3n) is 3.90. The number of carboxylic acid groups (broad SMARTS) is 1. The first-order valence-electron chi connectivity index (χ1n) is 6.55. The van der Waals surface area contributed by atoms with Crippen LogP contribution in [0.3, 0.4) is 0 Å². The lowest BCUT2D eigenvalue weighted by molar-refractivity contribution is -0.143. The molecule has 0 aromatic heterocycles. The summed E-state index contributed by atoms with van der Waals surface area (Å²) in [6, 6.07) is -0.172. The van der Waals surface area contributed by atoms with Gasteiger partial charge in [0.25, 0.3) is 0 Å². The fraction of sp³-hybridized carbons (Fsp3) is 0.750. The molecule has 0 saturated carbocycles. The molecule has 0 bridgehead atoms. The minimum atomic E-state index is -0.853. The van der Waals surface area contributed by atoms with Gasteiger partial charge in [0.05, 0.1) is 11.8 Å². The number of nitrogens with zero attached hydrogens (tertiary/aromatic N) is 2. The summed E-state index contributed by atoms with van der Waals surface area (Å²) < 4.78 is 0. The van der Waals surface area contributed by atoms with Crippen LogP contribution in [0.5, 0.6) is 0 Å². The highest BCUT2D eigenvalue weighted by Crippen LogP contribution is 2.21. The van der Waals surface area contributed by atoms with Crippen LogP contribution < -0.4 is 5.73 Å². The van der Waals surface area contributed by atoms with Gasteiger partial charge < -0.3 is 20.6 Å². The number of carbonyl (C=O) groups excluding carboxylic acids is 2. The molecule has 2 aliphatic heterocycles. The van der Waals surface area contributed by atoms with Crippen molar-refractivity contribution in [2.24, 2.45) is 17.6 Å². The number of amides is 3. The van der Waals surface area contributed by atoms with Gasteiger partial charge in [-0.25, -0.2) is 4.79 Å². The van der Waals surface area contributed by atoms with Crippen molar-refractivity contribution < 1.29 is 19.5 Å². The second-order valence-corrected chi connectivity index (χ2v) is 5.24. The van der Waals surface area contributed by atoms with Crippen LogP contribution in [0.15, 0.2) is 0 Å². The van der Waals surface area contributed by atoms with Gasteiger partial charge in [-0.2, -0.15) is 0 Å². The second kappa shape index (κ2) is 5.46. The van der Waals surface area contributed by atoms with Crippen molar-refractivity contribution in [2.75, 3.05) is 26.2 Å². The molecule has 2 fully saturated rings. The Morgan fingerprint density at radius 2 is 1.63 bits per heavy atom. The highest BCUT2D eigenvalue weighted by atomic mass is 16.4. The van der Waals surface area contributed by atoms with Crippen molar-refractivity contribution in [1.82, 2.24) is 9.80 Å². The Morgan fingerprint density at radius 3 is 2.21 bits per heavy atom. The number of carbonyl (C=O) groups is 3. The Balaban J connectivity index is 1.93. The van der Waals surface area contributed by atoms with E-state index in [2.05, 4.69) is 0 Å². The SMILES string of the molecule is NC(=O)C1CCN(C(=O)N2CCC[C@H](C(=O)O)C2)C1. The van der Waals surface area contributed by atoms with Crippen molar-refractivity contribution >= 4 is 17.9 Å². The molecular formula is C12H19N3O4. The van der Waals surface area contributed by atoms with Gasteiger partial charge >= 0.3 is 12.0 Å². The topological polar surface area (TPSA) is 104 Å². The summed E-state index contributed by atoms with van der Waals surface area (Å²) in [6.45, 7) is 1.70. The minimum absolute atomic E-state index is 0.172. The molecule has 0 aromatic carbocycles. The van der Waals surface area contributed by atoms with E-state index < -0.39 is 11.9 Å². The van der Waals surface area contributed by atoms with Gasteiger partial charge in [0.15, 0.2) is 0 Å². The third kappa shape index (κ3) is 2.97. The fourth-order valence-electron chi connectivity index (χ4n) is 2.72. The Labute approximate surface area is 111 Å². The summed E-state index contributed by atoms with van der Waals surface area (Å²) >= 11 is 0. The number of hydrogen-bond acceptors (Lipinski definition) is 3. The van der Waals surface area contributed by atoms with E-state index in [9.17, 15) is 14.4 Å². The highest BCUT2D eigenvalue weighted by molar-refractivity contribution is 5.81. The average Bonchev–Trinajstić information content (AvgIpc) is 2.87. The van der Waals surface area contributed by atoms with Crippen molar-refractivity contribution in [3.8, 4) is 0 Å². The Morgan fingerprint density at radius 1 is 1.00 bits per heavy atom. The summed E-state index contributed by atoms with van der Waals surface area (Å²) in [5, 5.41) is 9.01. The van der Waals surface area contributed by atoms with Crippen LogP contribution in [0.2, 0.25) is 0 Å². The van der Waals surface area contributed by atoms with E-state index in [1.807, 2.05) is 0 Å². The lowest BCUT2D eigenvalue weighted by Gasteiger charge is -2.33. The molecule has 106 valence electrons. The predicted molar refractivity (Wildman–Crippen MR) is 66.2 cm³/mol. The van der Waals surface area contributed by atoms with E-state index in [0.29, 0.717) is 38.9 Å². The van der Waals surface area contributed by atoms with Gasteiger partial charge in [-0.1, -0.05) is 0 Å². The van der Waals surface area contributed by atoms with E-state index in [0.717, 1.165) is 0 Å². The molecule has 1 unspecified atom stereocenters. The number of hydrogen-bond donors (Lipinski definition) is 2. The summed E-state index contributed by atoms with van der Waals surface area (Å²) in [7, 11) is 0. The number of nitrogens with two attached hydrogens (primary N) is 1. The number of carboxylic acids is 1. The normalized spacial score (nSPS) is 27.4. The average molecular weight is 269 g/mol. The summed E-state index contributed by atoms with van der Waals surface area (Å²) in [6.07, 6.45) is 1.91. The summed E-state index contributed by atoms with van der Waals surface area (Å²) in [5.74, 6) is -1.98. The third-order valence-corrected chi connectivity index (χ3v) is 3.90. The molecule has 19 heavy (non-hydrogen) atoms. The number of likely N-dealkylation sites (tertiary alicyclic amines) is 2. The quantitative estimate of drug-likeness (QED) is 0.718.